The summed E-state index contributed by atoms with van der Waals surface area (Å²) < 4.78 is 5.85. The van der Waals surface area contributed by atoms with Crippen LogP contribution in [0.25, 0.3) is 0 Å². The van der Waals surface area contributed by atoms with E-state index in [9.17, 15) is 0 Å². The smallest absolute Gasteiger partial charge is 0.178 e. The summed E-state index contributed by atoms with van der Waals surface area (Å²) in [5, 5.41) is 3.41. The van der Waals surface area contributed by atoms with Crippen molar-refractivity contribution in [1.29, 1.82) is 0 Å². The van der Waals surface area contributed by atoms with Gasteiger partial charge in [-0.2, -0.15) is 0 Å². The maximum atomic E-state index is 5.85. The van der Waals surface area contributed by atoms with Crippen LogP contribution in [0.5, 0.6) is 0 Å². The van der Waals surface area contributed by atoms with Crippen molar-refractivity contribution in [2.75, 3.05) is 6.61 Å². The first-order valence-corrected chi connectivity index (χ1v) is 7.96. The molecular weight excluding hydrogens is 192 g/mol. The highest BCUT2D eigenvalue weighted by molar-refractivity contribution is 6.52. The van der Waals surface area contributed by atoms with E-state index in [4.69, 9.17) is 10.2 Å². The Morgan fingerprint density at radius 3 is 2.79 bits per heavy atom. The number of nitrogens with one attached hydrogen (secondary N) is 1. The van der Waals surface area contributed by atoms with E-state index in [1.807, 2.05) is 6.92 Å². The van der Waals surface area contributed by atoms with Gasteiger partial charge in [-0.3, -0.25) is 5.32 Å². The Balaban J connectivity index is 2.23. The van der Waals surface area contributed by atoms with Crippen molar-refractivity contribution in [3.05, 3.63) is 0 Å². The minimum absolute atomic E-state index is 0.109. The molecule has 0 aromatic rings. The summed E-state index contributed by atoms with van der Waals surface area (Å²) in [4.78, 5) is 0. The molecule has 0 aliphatic carbocycles. The molecular formula is C10H24N2OSi. The number of hydrogen-bond acceptors (Lipinski definition) is 3. The largest absolute Gasteiger partial charge is 0.420 e. The average Bonchev–Trinajstić information content (AvgIpc) is 2.17. The van der Waals surface area contributed by atoms with E-state index >= 15 is 0 Å². The van der Waals surface area contributed by atoms with Crippen LogP contribution >= 0.6 is 0 Å². The lowest BCUT2D eigenvalue weighted by atomic mass is 10.2. The van der Waals surface area contributed by atoms with E-state index in [-0.39, 0.29) is 6.17 Å². The van der Waals surface area contributed by atoms with Crippen LogP contribution in [0.4, 0.5) is 0 Å². The van der Waals surface area contributed by atoms with Gasteiger partial charge in [-0.25, -0.2) is 0 Å². The van der Waals surface area contributed by atoms with Crippen molar-refractivity contribution < 1.29 is 4.43 Å². The monoisotopic (exact) mass is 216 g/mol. The summed E-state index contributed by atoms with van der Waals surface area (Å²) in [6.07, 6.45) is 3.92. The minimum atomic E-state index is -0.879. The maximum absolute atomic E-state index is 5.85. The van der Waals surface area contributed by atoms with Gasteiger partial charge < -0.3 is 10.2 Å². The van der Waals surface area contributed by atoms with E-state index in [1.54, 1.807) is 0 Å². The van der Waals surface area contributed by atoms with E-state index in [0.717, 1.165) is 13.0 Å². The molecule has 0 aromatic carbocycles. The van der Waals surface area contributed by atoms with Crippen molar-refractivity contribution in [3.63, 3.8) is 0 Å². The third kappa shape index (κ3) is 4.55. The molecule has 1 aliphatic rings. The second-order valence-corrected chi connectivity index (χ2v) is 6.91. The predicted octanol–water partition coefficient (Wildman–Crippen LogP) is 1.19. The lowest BCUT2D eigenvalue weighted by Crippen LogP contribution is -2.44. The van der Waals surface area contributed by atoms with Crippen LogP contribution in [0.15, 0.2) is 0 Å². The highest BCUT2D eigenvalue weighted by atomic mass is 28.3. The van der Waals surface area contributed by atoms with Crippen molar-refractivity contribution in [1.82, 2.24) is 5.32 Å². The highest BCUT2D eigenvalue weighted by Crippen LogP contribution is 2.16. The van der Waals surface area contributed by atoms with Crippen molar-refractivity contribution in [2.45, 2.75) is 57.4 Å². The van der Waals surface area contributed by atoms with Crippen LogP contribution in [0.3, 0.4) is 0 Å². The van der Waals surface area contributed by atoms with E-state index in [2.05, 4.69) is 12.2 Å². The van der Waals surface area contributed by atoms with Crippen LogP contribution in [0.1, 0.15) is 33.1 Å². The molecule has 3 atom stereocenters. The fourth-order valence-electron chi connectivity index (χ4n) is 2.03. The number of hydrogen-bond donors (Lipinski definition) is 2. The zero-order valence-electron chi connectivity index (χ0n) is 9.46. The Hall–Kier alpha value is 0.0969. The van der Waals surface area contributed by atoms with Crippen molar-refractivity contribution in [3.8, 4) is 0 Å². The van der Waals surface area contributed by atoms with Gasteiger partial charge in [-0.05, 0) is 31.9 Å². The van der Waals surface area contributed by atoms with Gasteiger partial charge in [0.05, 0.1) is 6.17 Å². The molecule has 3 N–H and O–H groups in total. The molecule has 3 nitrogen and oxygen atoms in total. The quantitative estimate of drug-likeness (QED) is 0.536. The summed E-state index contributed by atoms with van der Waals surface area (Å²) in [6, 6.07) is 3.18. The van der Waals surface area contributed by atoms with E-state index < -0.39 is 9.04 Å². The molecule has 1 fully saturated rings. The maximum Gasteiger partial charge on any atom is 0.178 e. The predicted molar refractivity (Wildman–Crippen MR) is 62.8 cm³/mol. The summed E-state index contributed by atoms with van der Waals surface area (Å²) >= 11 is 0. The Labute approximate surface area is 89.1 Å². The number of rotatable bonds is 5. The standard InChI is InChI=1S/C10H24N2OSi/c1-3-10(12-9(2)11)8-14-7-5-4-6-13-14/h9-10,12,14H,3-8,11H2,1-2H3. The van der Waals surface area contributed by atoms with Gasteiger partial charge in [0.25, 0.3) is 0 Å². The highest BCUT2D eigenvalue weighted by Gasteiger charge is 2.20. The number of nitrogens with two attached hydrogens (primary N) is 1. The van der Waals surface area contributed by atoms with Crippen molar-refractivity contribution >= 4 is 9.04 Å². The Kier molecular flexibility index (Phi) is 5.70. The second-order valence-electron chi connectivity index (χ2n) is 4.28. The van der Waals surface area contributed by atoms with Crippen LogP contribution in [-0.2, 0) is 4.43 Å². The summed E-state index contributed by atoms with van der Waals surface area (Å²) in [6.45, 7) is 5.23. The fraction of sp³-hybridized carbons (Fsp3) is 1.00. The first-order valence-electron chi connectivity index (χ1n) is 5.85. The molecule has 84 valence electrons. The average molecular weight is 216 g/mol. The zero-order chi connectivity index (χ0) is 10.4. The summed E-state index contributed by atoms with van der Waals surface area (Å²) in [7, 11) is -0.879. The Morgan fingerprint density at radius 2 is 2.29 bits per heavy atom. The second kappa shape index (κ2) is 6.56. The van der Waals surface area contributed by atoms with Gasteiger partial charge in [0, 0.05) is 12.6 Å². The first kappa shape index (κ1) is 12.2. The molecule has 1 aliphatic heterocycles. The van der Waals surface area contributed by atoms with Gasteiger partial charge in [0.2, 0.25) is 0 Å². The topological polar surface area (TPSA) is 47.3 Å². The molecule has 0 aromatic heterocycles. The first-order chi connectivity index (χ1) is 6.72. The normalized spacial score (nSPS) is 27.2. The lowest BCUT2D eigenvalue weighted by Gasteiger charge is -2.26. The third-order valence-corrected chi connectivity index (χ3v) is 5.67. The molecule has 14 heavy (non-hydrogen) atoms. The van der Waals surface area contributed by atoms with Crippen LogP contribution < -0.4 is 11.1 Å². The third-order valence-electron chi connectivity index (χ3n) is 2.81. The molecule has 3 unspecified atom stereocenters. The van der Waals surface area contributed by atoms with E-state index in [1.165, 1.54) is 24.9 Å². The minimum Gasteiger partial charge on any atom is -0.420 e. The molecule has 1 heterocycles. The van der Waals surface area contributed by atoms with Crippen molar-refractivity contribution in [2.24, 2.45) is 5.73 Å². The van der Waals surface area contributed by atoms with Crippen LogP contribution in [-0.4, -0.2) is 27.9 Å². The SMILES string of the molecule is CCC(C[SiH]1CCCCO1)NC(C)N. The van der Waals surface area contributed by atoms with Gasteiger partial charge in [-0.15, -0.1) is 0 Å². The Morgan fingerprint density at radius 1 is 1.50 bits per heavy atom. The molecule has 1 saturated heterocycles. The summed E-state index contributed by atoms with van der Waals surface area (Å²) in [5.41, 5.74) is 5.74. The van der Waals surface area contributed by atoms with Crippen LogP contribution in [0, 0.1) is 0 Å². The molecule has 0 radical (unpaired) electrons. The van der Waals surface area contributed by atoms with Gasteiger partial charge in [0.1, 0.15) is 0 Å². The zero-order valence-corrected chi connectivity index (χ0v) is 10.6. The Bertz CT molecular complexity index is 149. The molecule has 0 amide bonds. The molecule has 4 heteroatoms. The van der Waals surface area contributed by atoms with Gasteiger partial charge >= 0.3 is 0 Å². The molecule has 1 rings (SSSR count). The molecule has 0 spiro atoms. The summed E-state index contributed by atoms with van der Waals surface area (Å²) in [5.74, 6) is 0. The van der Waals surface area contributed by atoms with Gasteiger partial charge in [0.15, 0.2) is 9.04 Å². The lowest BCUT2D eigenvalue weighted by molar-refractivity contribution is 0.281. The fourth-order valence-corrected chi connectivity index (χ4v) is 4.92. The van der Waals surface area contributed by atoms with Crippen LogP contribution in [0.2, 0.25) is 12.1 Å². The van der Waals surface area contributed by atoms with E-state index in [0.29, 0.717) is 6.04 Å². The van der Waals surface area contributed by atoms with Gasteiger partial charge in [-0.1, -0.05) is 13.3 Å². The molecule has 0 saturated carbocycles. The molecule has 0 bridgehead atoms.